The van der Waals surface area contributed by atoms with Crippen molar-refractivity contribution in [2.24, 2.45) is 5.73 Å². The largest absolute Gasteiger partial charge is 0.467 e. The smallest absolute Gasteiger partial charge is 0.408 e. The van der Waals surface area contributed by atoms with Gasteiger partial charge in [-0.2, -0.15) is 11.8 Å². The highest BCUT2D eigenvalue weighted by Gasteiger charge is 2.48. The highest BCUT2D eigenvalue weighted by atomic mass is 32.2. The van der Waals surface area contributed by atoms with Crippen LogP contribution in [0.25, 0.3) is 0 Å². The Kier molecular flexibility index (Phi) is 16.1. The molecule has 310 valence electrons. The zero-order valence-corrected chi connectivity index (χ0v) is 36.2. The number of ketones is 1. The van der Waals surface area contributed by atoms with E-state index in [9.17, 15) is 14.4 Å². The summed E-state index contributed by atoms with van der Waals surface area (Å²) in [5.41, 5.74) is 8.40. The highest BCUT2D eigenvalue weighted by Crippen LogP contribution is 2.48. The summed E-state index contributed by atoms with van der Waals surface area (Å²) in [4.78, 5) is 41.3. The van der Waals surface area contributed by atoms with E-state index in [1.807, 2.05) is 75.6 Å². The van der Waals surface area contributed by atoms with Gasteiger partial charge in [-0.25, -0.2) is 9.59 Å². The maximum absolute atomic E-state index is 14.5. The van der Waals surface area contributed by atoms with Crippen LogP contribution in [0, 0.1) is 0 Å². The lowest BCUT2D eigenvalue weighted by molar-refractivity contribution is -0.936. The molecule has 1 amide bonds. The van der Waals surface area contributed by atoms with E-state index in [4.69, 9.17) is 19.9 Å². The number of methoxy groups -OCH3 is 1. The second-order valence-corrected chi connectivity index (χ2v) is 18.4. The number of esters is 1. The Morgan fingerprint density at radius 3 is 1.76 bits per heavy atom. The molecule has 0 radical (unpaired) electrons. The first-order chi connectivity index (χ1) is 27.8. The van der Waals surface area contributed by atoms with Crippen molar-refractivity contribution in [3.05, 3.63) is 144 Å². The second kappa shape index (κ2) is 20.7. The number of nitrogens with zero attached hydrogens (tertiary/aromatic N) is 1. The summed E-state index contributed by atoms with van der Waals surface area (Å²) >= 11 is 3.29. The number of hydrogen-bond donors (Lipinski definition) is 2. The molecule has 0 aromatic heterocycles. The fourth-order valence-corrected chi connectivity index (χ4v) is 9.88. The van der Waals surface area contributed by atoms with Crippen LogP contribution in [-0.4, -0.2) is 96.9 Å². The van der Waals surface area contributed by atoms with E-state index in [0.717, 1.165) is 48.2 Å². The van der Waals surface area contributed by atoms with Crippen molar-refractivity contribution in [1.29, 1.82) is 0 Å². The normalized spacial score (nSPS) is 16.1. The number of rotatable bonds is 20. The Labute approximate surface area is 353 Å². The topological polar surface area (TPSA) is 117 Å². The minimum absolute atomic E-state index is 0.124. The Bertz CT molecular complexity index is 1790. The molecule has 1 heterocycles. The lowest BCUT2D eigenvalue weighted by Gasteiger charge is -2.40. The van der Waals surface area contributed by atoms with Crippen molar-refractivity contribution in [2.45, 2.75) is 74.5 Å². The molecule has 0 aliphatic carbocycles. The molecular weight excluding hydrogens is 767 g/mol. The maximum Gasteiger partial charge on any atom is 0.408 e. The SMILES string of the molecule is COC(=O)[C@](N)(CCSC)C(=O)[C@H](Cc1ccccc1)OC[N+]1(C[C@@H](CSC(c2ccccc2)(c2ccccc2)c2ccccc2)NC(=O)OC(C)(C)C)CCCC1. The number of quaternary nitrogens is 1. The summed E-state index contributed by atoms with van der Waals surface area (Å²) in [7, 11) is 1.26. The van der Waals surface area contributed by atoms with Gasteiger partial charge < -0.3 is 25.3 Å². The first-order valence-corrected chi connectivity index (χ1v) is 22.4. The quantitative estimate of drug-likeness (QED) is 0.0396. The average Bonchev–Trinajstić information content (AvgIpc) is 3.70. The van der Waals surface area contributed by atoms with Crippen molar-refractivity contribution in [2.75, 3.05) is 51.2 Å². The first kappa shape index (κ1) is 45.0. The lowest BCUT2D eigenvalue weighted by atomic mass is 9.84. The van der Waals surface area contributed by atoms with Crippen LogP contribution in [0.15, 0.2) is 121 Å². The van der Waals surface area contributed by atoms with Gasteiger partial charge in [0.2, 0.25) is 0 Å². The summed E-state index contributed by atoms with van der Waals surface area (Å²) in [5.74, 6) is -0.225. The number of hydrogen-bond acceptors (Lipinski definition) is 9. The monoisotopic (exact) mass is 826 g/mol. The number of ether oxygens (including phenoxy) is 3. The van der Waals surface area contributed by atoms with E-state index in [2.05, 4.69) is 78.1 Å². The average molecular weight is 827 g/mol. The molecule has 11 heteroatoms. The van der Waals surface area contributed by atoms with Crippen molar-refractivity contribution in [3.63, 3.8) is 0 Å². The molecule has 1 aliphatic heterocycles. The van der Waals surface area contributed by atoms with Crippen LogP contribution < -0.4 is 11.1 Å². The molecular formula is C47H60N3O6S2+. The molecule has 0 unspecified atom stereocenters. The number of alkyl carbamates (subject to hydrolysis) is 1. The van der Waals surface area contributed by atoms with Gasteiger partial charge in [0.15, 0.2) is 18.1 Å². The molecule has 3 atom stereocenters. The van der Waals surface area contributed by atoms with Gasteiger partial charge in [0, 0.05) is 25.0 Å². The van der Waals surface area contributed by atoms with Crippen LogP contribution in [0.1, 0.15) is 62.3 Å². The van der Waals surface area contributed by atoms with Crippen LogP contribution in [0.4, 0.5) is 4.79 Å². The molecule has 9 nitrogen and oxygen atoms in total. The van der Waals surface area contributed by atoms with E-state index in [1.54, 1.807) is 11.8 Å². The van der Waals surface area contributed by atoms with Gasteiger partial charge >= 0.3 is 12.1 Å². The van der Waals surface area contributed by atoms with E-state index < -0.39 is 39.8 Å². The molecule has 0 spiro atoms. The van der Waals surface area contributed by atoms with Crippen LogP contribution in [0.3, 0.4) is 0 Å². The predicted octanol–water partition coefficient (Wildman–Crippen LogP) is 7.99. The number of Topliss-reactive ketones (excluding diaryl/α,β-unsaturated/α-hetero) is 1. The van der Waals surface area contributed by atoms with Crippen molar-refractivity contribution < 1.29 is 33.1 Å². The number of amides is 1. The van der Waals surface area contributed by atoms with Gasteiger partial charge in [0.05, 0.1) is 31.0 Å². The summed E-state index contributed by atoms with van der Waals surface area (Å²) in [6, 6.07) is 40.8. The number of carbonyl (C=O) groups is 3. The minimum Gasteiger partial charge on any atom is -0.467 e. The van der Waals surface area contributed by atoms with Crippen LogP contribution in [0.2, 0.25) is 0 Å². The summed E-state index contributed by atoms with van der Waals surface area (Å²) in [5, 5.41) is 3.27. The number of carbonyl (C=O) groups excluding carboxylic acids is 3. The van der Waals surface area contributed by atoms with Crippen LogP contribution >= 0.6 is 23.5 Å². The van der Waals surface area contributed by atoms with E-state index in [-0.39, 0.29) is 25.6 Å². The summed E-state index contributed by atoms with van der Waals surface area (Å²) in [6.45, 7) is 7.89. The Balaban J connectivity index is 1.50. The molecule has 58 heavy (non-hydrogen) atoms. The highest BCUT2D eigenvalue weighted by molar-refractivity contribution is 8.00. The van der Waals surface area contributed by atoms with Gasteiger partial charge in [0.1, 0.15) is 18.2 Å². The number of benzene rings is 4. The molecule has 4 aromatic carbocycles. The van der Waals surface area contributed by atoms with Gasteiger partial charge in [-0.05, 0) is 61.5 Å². The number of nitrogens with two attached hydrogens (primary N) is 1. The molecule has 3 N–H and O–H groups in total. The fourth-order valence-electron chi connectivity index (χ4n) is 7.81. The second-order valence-electron chi connectivity index (χ2n) is 16.2. The summed E-state index contributed by atoms with van der Waals surface area (Å²) in [6.07, 6.45) is 2.72. The van der Waals surface area contributed by atoms with Gasteiger partial charge in [-0.1, -0.05) is 121 Å². The molecule has 0 bridgehead atoms. The minimum atomic E-state index is -1.86. The van der Waals surface area contributed by atoms with Crippen molar-refractivity contribution in [1.82, 2.24) is 5.32 Å². The number of thioether (sulfide) groups is 2. The molecule has 4 aromatic rings. The number of likely N-dealkylation sites (tertiary alicyclic amines) is 1. The Morgan fingerprint density at radius 1 is 0.793 bits per heavy atom. The lowest BCUT2D eigenvalue weighted by Crippen LogP contribution is -2.61. The molecule has 1 aliphatic rings. The predicted molar refractivity (Wildman–Crippen MR) is 236 cm³/mol. The maximum atomic E-state index is 14.5. The molecule has 5 rings (SSSR count). The molecule has 1 fully saturated rings. The third-order valence-corrected chi connectivity index (χ3v) is 13.0. The first-order valence-electron chi connectivity index (χ1n) is 20.1. The van der Waals surface area contributed by atoms with Crippen molar-refractivity contribution in [3.8, 4) is 0 Å². The standard InChI is InChI=1S/C47H59N3O6S2/c1-45(2,3)56-44(53)49-40(34-58-47(37-22-12-7-13-23-37,38-24-14-8-15-25-38)39-26-16-9-17-27-39)33-50(29-18-19-30-50)35-55-41(32-36-20-10-6-11-21-36)42(51)46(48,28-31-57-5)43(52)54-4/h6-17,20-27,40-41H,18-19,28-35,48H2,1-5H3/p+1/t40-,41-,46-/m0/s1. The van der Waals surface area contributed by atoms with Crippen molar-refractivity contribution >= 4 is 41.4 Å². The van der Waals surface area contributed by atoms with Gasteiger partial charge in [-0.3, -0.25) is 9.28 Å². The Hall–Kier alpha value is -4.13. The van der Waals surface area contributed by atoms with E-state index in [0.29, 0.717) is 22.5 Å². The van der Waals surface area contributed by atoms with E-state index in [1.165, 1.54) is 18.9 Å². The number of nitrogens with one attached hydrogen (secondary N) is 1. The zero-order valence-electron chi connectivity index (χ0n) is 34.6. The zero-order chi connectivity index (χ0) is 41.7. The van der Waals surface area contributed by atoms with Gasteiger partial charge in [0.25, 0.3) is 0 Å². The van der Waals surface area contributed by atoms with Crippen LogP contribution in [-0.2, 0) is 35.0 Å². The third-order valence-electron chi connectivity index (χ3n) is 10.7. The van der Waals surface area contributed by atoms with Gasteiger partial charge in [-0.15, -0.1) is 11.8 Å². The summed E-state index contributed by atoms with van der Waals surface area (Å²) < 4.78 is 17.6. The third kappa shape index (κ3) is 11.5. The molecule has 1 saturated heterocycles. The fraction of sp³-hybridized carbons (Fsp3) is 0.426. The molecule has 0 saturated carbocycles. The Morgan fingerprint density at radius 2 is 1.29 bits per heavy atom. The van der Waals surface area contributed by atoms with Crippen LogP contribution in [0.5, 0.6) is 0 Å². The van der Waals surface area contributed by atoms with E-state index >= 15 is 0 Å².